The van der Waals surface area contributed by atoms with E-state index in [-0.39, 0.29) is 17.4 Å². The van der Waals surface area contributed by atoms with Crippen LogP contribution in [0.3, 0.4) is 0 Å². The van der Waals surface area contributed by atoms with Gasteiger partial charge in [0.25, 0.3) is 0 Å². The molecule has 17 heavy (non-hydrogen) atoms. The Morgan fingerprint density at radius 3 is 2.59 bits per heavy atom. The first kappa shape index (κ1) is 14.0. The number of anilines is 1. The highest BCUT2D eigenvalue weighted by Crippen LogP contribution is 2.18. The van der Waals surface area contributed by atoms with Crippen molar-refractivity contribution in [2.75, 3.05) is 5.32 Å². The van der Waals surface area contributed by atoms with Crippen molar-refractivity contribution < 1.29 is 14.7 Å². The molecule has 0 radical (unpaired) electrons. The molecule has 0 bridgehead atoms. The number of rotatable bonds is 4. The van der Waals surface area contributed by atoms with Crippen LogP contribution in [0.2, 0.25) is 0 Å². The molecule has 0 aliphatic carbocycles. The summed E-state index contributed by atoms with van der Waals surface area (Å²) in [7, 11) is 0. The van der Waals surface area contributed by atoms with Crippen molar-refractivity contribution >= 4 is 40.2 Å². The molecule has 0 heterocycles. The highest BCUT2D eigenvalue weighted by atomic mass is 127. The van der Waals surface area contributed by atoms with E-state index in [4.69, 9.17) is 5.11 Å². The quantitative estimate of drug-likeness (QED) is 0.823. The third-order valence-electron chi connectivity index (χ3n) is 2.47. The van der Waals surface area contributed by atoms with Gasteiger partial charge in [-0.25, -0.2) is 4.79 Å². The molecular formula is C12H14INO3. The number of carbonyl (C=O) groups excluding carboxylic acids is 1. The van der Waals surface area contributed by atoms with E-state index < -0.39 is 5.97 Å². The topological polar surface area (TPSA) is 66.4 Å². The Labute approximate surface area is 114 Å². The lowest BCUT2D eigenvalue weighted by Crippen LogP contribution is -2.19. The van der Waals surface area contributed by atoms with Gasteiger partial charge < -0.3 is 10.4 Å². The fourth-order valence-electron chi connectivity index (χ4n) is 1.24. The van der Waals surface area contributed by atoms with Gasteiger partial charge in [0.05, 0.1) is 5.56 Å². The smallest absolute Gasteiger partial charge is 0.335 e. The second-order valence-corrected chi connectivity index (χ2v) is 5.08. The van der Waals surface area contributed by atoms with E-state index >= 15 is 0 Å². The van der Waals surface area contributed by atoms with Gasteiger partial charge in [-0.1, -0.05) is 13.8 Å². The van der Waals surface area contributed by atoms with Gasteiger partial charge in [0.2, 0.25) is 5.91 Å². The molecule has 1 atom stereocenters. The van der Waals surface area contributed by atoms with Crippen molar-refractivity contribution in [1.29, 1.82) is 0 Å². The maximum absolute atomic E-state index is 11.7. The summed E-state index contributed by atoms with van der Waals surface area (Å²) in [6.07, 6.45) is 0.752. The fourth-order valence-corrected chi connectivity index (χ4v) is 1.91. The Kier molecular flexibility index (Phi) is 4.92. The zero-order valence-corrected chi connectivity index (χ0v) is 11.8. The van der Waals surface area contributed by atoms with Crippen LogP contribution >= 0.6 is 22.6 Å². The minimum Gasteiger partial charge on any atom is -0.478 e. The van der Waals surface area contributed by atoms with Gasteiger partial charge in [0.15, 0.2) is 0 Å². The minimum absolute atomic E-state index is 0.0823. The van der Waals surface area contributed by atoms with Gasteiger partial charge in [-0.2, -0.15) is 0 Å². The van der Waals surface area contributed by atoms with Crippen LogP contribution in [0.25, 0.3) is 0 Å². The van der Waals surface area contributed by atoms with Crippen LogP contribution in [-0.2, 0) is 4.79 Å². The predicted octanol–water partition coefficient (Wildman–Crippen LogP) is 2.97. The van der Waals surface area contributed by atoms with Crippen molar-refractivity contribution in [1.82, 2.24) is 0 Å². The molecule has 0 spiro atoms. The molecule has 2 N–H and O–H groups in total. The lowest BCUT2D eigenvalue weighted by molar-refractivity contribution is -0.119. The van der Waals surface area contributed by atoms with Crippen LogP contribution in [0.1, 0.15) is 30.6 Å². The van der Waals surface area contributed by atoms with E-state index in [1.807, 2.05) is 36.4 Å². The van der Waals surface area contributed by atoms with E-state index in [1.54, 1.807) is 12.1 Å². The molecular weight excluding hydrogens is 333 g/mol. The van der Waals surface area contributed by atoms with Gasteiger partial charge in [-0.05, 0) is 47.2 Å². The average Bonchev–Trinajstić information content (AvgIpc) is 2.26. The van der Waals surface area contributed by atoms with Crippen LogP contribution < -0.4 is 5.32 Å². The van der Waals surface area contributed by atoms with Crippen molar-refractivity contribution in [3.05, 3.63) is 27.3 Å². The summed E-state index contributed by atoms with van der Waals surface area (Å²) in [5.41, 5.74) is 0.705. The molecule has 92 valence electrons. The minimum atomic E-state index is -0.998. The number of hydrogen-bond donors (Lipinski definition) is 2. The standard InChI is InChI=1S/C12H14INO3/c1-3-7(2)11(15)14-10-5-8(12(16)17)4-9(13)6-10/h4-7H,3H2,1-2H3,(H,14,15)(H,16,17). The van der Waals surface area contributed by atoms with Crippen molar-refractivity contribution in [3.8, 4) is 0 Å². The Morgan fingerprint density at radius 1 is 1.41 bits per heavy atom. The number of benzene rings is 1. The molecule has 0 aliphatic heterocycles. The van der Waals surface area contributed by atoms with Gasteiger partial charge >= 0.3 is 5.97 Å². The second-order valence-electron chi connectivity index (χ2n) is 3.83. The fraction of sp³-hybridized carbons (Fsp3) is 0.333. The zero-order valence-electron chi connectivity index (χ0n) is 9.66. The van der Waals surface area contributed by atoms with E-state index in [0.29, 0.717) is 5.69 Å². The summed E-state index contributed by atoms with van der Waals surface area (Å²) in [6, 6.07) is 4.76. The Morgan fingerprint density at radius 2 is 2.06 bits per heavy atom. The van der Waals surface area contributed by atoms with E-state index in [2.05, 4.69) is 5.32 Å². The number of carboxylic acid groups (broad SMARTS) is 1. The third-order valence-corrected chi connectivity index (χ3v) is 3.10. The number of nitrogens with one attached hydrogen (secondary N) is 1. The van der Waals surface area contributed by atoms with Crippen LogP contribution in [-0.4, -0.2) is 17.0 Å². The molecule has 0 fully saturated rings. The van der Waals surface area contributed by atoms with Crippen LogP contribution in [0.4, 0.5) is 5.69 Å². The number of halogens is 1. The lowest BCUT2D eigenvalue weighted by atomic mass is 10.1. The number of aromatic carboxylic acids is 1. The zero-order chi connectivity index (χ0) is 13.0. The normalized spacial score (nSPS) is 11.9. The second kappa shape index (κ2) is 6.00. The molecule has 0 aliphatic rings. The van der Waals surface area contributed by atoms with Crippen LogP contribution in [0.5, 0.6) is 0 Å². The van der Waals surface area contributed by atoms with Crippen molar-refractivity contribution in [2.24, 2.45) is 5.92 Å². The highest BCUT2D eigenvalue weighted by molar-refractivity contribution is 14.1. The molecule has 1 amide bonds. The summed E-state index contributed by atoms with van der Waals surface area (Å²) in [4.78, 5) is 22.5. The molecule has 0 saturated heterocycles. The highest BCUT2D eigenvalue weighted by Gasteiger charge is 2.12. The SMILES string of the molecule is CCC(C)C(=O)Nc1cc(I)cc(C(=O)O)c1. The largest absolute Gasteiger partial charge is 0.478 e. The Bertz CT molecular complexity index is 445. The molecule has 4 nitrogen and oxygen atoms in total. The monoisotopic (exact) mass is 347 g/mol. The summed E-state index contributed by atoms with van der Waals surface area (Å²) in [5.74, 6) is -1.17. The maximum atomic E-state index is 11.7. The van der Waals surface area contributed by atoms with E-state index in [0.717, 1.165) is 9.99 Å². The molecule has 1 rings (SSSR count). The van der Waals surface area contributed by atoms with Crippen LogP contribution in [0, 0.1) is 9.49 Å². The van der Waals surface area contributed by atoms with Gasteiger partial charge in [-0.3, -0.25) is 4.79 Å². The summed E-state index contributed by atoms with van der Waals surface area (Å²) >= 11 is 2.02. The maximum Gasteiger partial charge on any atom is 0.335 e. The van der Waals surface area contributed by atoms with Gasteiger partial charge in [0, 0.05) is 15.2 Å². The average molecular weight is 347 g/mol. The Hall–Kier alpha value is -1.11. The van der Waals surface area contributed by atoms with Gasteiger partial charge in [0.1, 0.15) is 0 Å². The first-order valence-corrected chi connectivity index (χ1v) is 6.36. The predicted molar refractivity (Wildman–Crippen MR) is 74.2 cm³/mol. The van der Waals surface area contributed by atoms with E-state index in [9.17, 15) is 9.59 Å². The summed E-state index contributed by atoms with van der Waals surface area (Å²) < 4.78 is 0.780. The van der Waals surface area contributed by atoms with Gasteiger partial charge in [-0.15, -0.1) is 0 Å². The number of amides is 1. The molecule has 1 aromatic rings. The first-order chi connectivity index (χ1) is 7.93. The van der Waals surface area contributed by atoms with Crippen molar-refractivity contribution in [2.45, 2.75) is 20.3 Å². The molecule has 5 heteroatoms. The van der Waals surface area contributed by atoms with Crippen LogP contribution in [0.15, 0.2) is 18.2 Å². The van der Waals surface area contributed by atoms with E-state index in [1.165, 1.54) is 6.07 Å². The van der Waals surface area contributed by atoms with Crippen molar-refractivity contribution in [3.63, 3.8) is 0 Å². The molecule has 1 unspecified atom stereocenters. The third kappa shape index (κ3) is 3.99. The summed E-state index contributed by atoms with van der Waals surface area (Å²) in [5, 5.41) is 11.6. The number of hydrogen-bond acceptors (Lipinski definition) is 2. The Balaban J connectivity index is 2.92. The first-order valence-electron chi connectivity index (χ1n) is 5.28. The number of carbonyl (C=O) groups is 2. The number of carboxylic acids is 1. The summed E-state index contributed by atoms with van der Waals surface area (Å²) in [6.45, 7) is 3.77. The molecule has 1 aromatic carbocycles. The molecule has 0 aromatic heterocycles. The molecule has 0 saturated carbocycles. The lowest BCUT2D eigenvalue weighted by Gasteiger charge is -2.10.